The maximum Gasteiger partial charge on any atom is 0.265 e. The van der Waals surface area contributed by atoms with Gasteiger partial charge in [0.1, 0.15) is 0 Å². The number of hydrogen-bond donors (Lipinski definition) is 2. The first-order valence-corrected chi connectivity index (χ1v) is 8.44. The molecule has 3 heteroatoms. The minimum Gasteiger partial charge on any atom is -0.287 e. The summed E-state index contributed by atoms with van der Waals surface area (Å²) in [6.45, 7) is 8.24. The van der Waals surface area contributed by atoms with Crippen LogP contribution in [-0.4, -0.2) is 5.91 Å². The number of nitrogens with one attached hydrogen (secondary N) is 2. The lowest BCUT2D eigenvalue weighted by Crippen LogP contribution is -2.55. The largest absolute Gasteiger partial charge is 0.287 e. The first-order chi connectivity index (χ1) is 11.6. The van der Waals surface area contributed by atoms with Gasteiger partial charge < -0.3 is 0 Å². The van der Waals surface area contributed by atoms with Crippen molar-refractivity contribution in [2.45, 2.75) is 32.2 Å². The zero-order valence-electron chi connectivity index (χ0n) is 14.5. The molecule has 0 unspecified atom stereocenters. The molecule has 2 rings (SSSR count). The van der Waals surface area contributed by atoms with Crippen LogP contribution < -0.4 is 10.9 Å². The number of rotatable bonds is 8. The molecular weight excluding hydrogens is 296 g/mol. The summed E-state index contributed by atoms with van der Waals surface area (Å²) in [6, 6.07) is 19.5. The van der Waals surface area contributed by atoms with Gasteiger partial charge in [-0.05, 0) is 30.0 Å². The molecule has 0 fully saturated rings. The van der Waals surface area contributed by atoms with Gasteiger partial charge in [0, 0.05) is 5.56 Å². The summed E-state index contributed by atoms with van der Waals surface area (Å²) in [5, 5.41) is 0. The second kappa shape index (κ2) is 8.46. The molecule has 0 heterocycles. The number of hydrogen-bond acceptors (Lipinski definition) is 2. The van der Waals surface area contributed by atoms with E-state index >= 15 is 0 Å². The van der Waals surface area contributed by atoms with E-state index in [4.69, 9.17) is 0 Å². The molecule has 0 radical (unpaired) electrons. The quantitative estimate of drug-likeness (QED) is 0.557. The molecule has 0 saturated carbocycles. The lowest BCUT2D eigenvalue weighted by atomic mass is 9.76. The summed E-state index contributed by atoms with van der Waals surface area (Å²) >= 11 is 0. The van der Waals surface area contributed by atoms with Crippen molar-refractivity contribution in [3.05, 3.63) is 84.4 Å². The number of benzene rings is 2. The van der Waals surface area contributed by atoms with Crippen LogP contribution in [0.5, 0.6) is 0 Å². The van der Waals surface area contributed by atoms with E-state index in [2.05, 4.69) is 43.4 Å². The van der Waals surface area contributed by atoms with Crippen molar-refractivity contribution in [1.29, 1.82) is 0 Å². The molecule has 2 aromatic rings. The van der Waals surface area contributed by atoms with E-state index < -0.39 is 0 Å². The first kappa shape index (κ1) is 18.0. The maximum atomic E-state index is 12.4. The summed E-state index contributed by atoms with van der Waals surface area (Å²) < 4.78 is 0. The summed E-state index contributed by atoms with van der Waals surface area (Å²) in [6.07, 6.45) is 3.81. The van der Waals surface area contributed by atoms with Gasteiger partial charge >= 0.3 is 0 Å². The van der Waals surface area contributed by atoms with E-state index in [9.17, 15) is 4.79 Å². The Kier molecular flexibility index (Phi) is 6.33. The van der Waals surface area contributed by atoms with Crippen molar-refractivity contribution in [2.75, 3.05) is 0 Å². The van der Waals surface area contributed by atoms with Crippen molar-refractivity contribution in [2.24, 2.45) is 5.92 Å². The third-order valence-corrected chi connectivity index (χ3v) is 4.50. The normalized spacial score (nSPS) is 14.4. The van der Waals surface area contributed by atoms with Crippen molar-refractivity contribution in [3.63, 3.8) is 0 Å². The molecule has 0 aliphatic rings. The molecule has 2 N–H and O–H groups in total. The Bertz CT molecular complexity index is 654. The monoisotopic (exact) mass is 322 g/mol. The van der Waals surface area contributed by atoms with E-state index in [-0.39, 0.29) is 17.4 Å². The van der Waals surface area contributed by atoms with Crippen LogP contribution >= 0.6 is 0 Å². The Hall–Kier alpha value is -2.39. The zero-order valence-corrected chi connectivity index (χ0v) is 14.5. The van der Waals surface area contributed by atoms with E-state index in [1.54, 1.807) is 12.1 Å². The topological polar surface area (TPSA) is 41.1 Å². The van der Waals surface area contributed by atoms with Gasteiger partial charge in [0.05, 0.1) is 5.54 Å². The minimum absolute atomic E-state index is 0.136. The second-order valence-electron chi connectivity index (χ2n) is 6.06. The average Bonchev–Trinajstić information content (AvgIpc) is 2.65. The molecule has 126 valence electrons. The maximum absolute atomic E-state index is 12.4. The van der Waals surface area contributed by atoms with Crippen molar-refractivity contribution in [3.8, 4) is 0 Å². The molecule has 1 amide bonds. The molecule has 24 heavy (non-hydrogen) atoms. The third kappa shape index (κ3) is 3.92. The van der Waals surface area contributed by atoms with Crippen LogP contribution in [-0.2, 0) is 5.54 Å². The number of hydrazine groups is 1. The van der Waals surface area contributed by atoms with Gasteiger partial charge in [0.25, 0.3) is 5.91 Å². The highest BCUT2D eigenvalue weighted by atomic mass is 16.2. The van der Waals surface area contributed by atoms with E-state index in [0.717, 1.165) is 18.4 Å². The third-order valence-electron chi connectivity index (χ3n) is 4.50. The fourth-order valence-electron chi connectivity index (χ4n) is 3.04. The Labute approximate surface area is 144 Å². The molecule has 2 atom stereocenters. The van der Waals surface area contributed by atoms with Crippen LogP contribution in [0.3, 0.4) is 0 Å². The van der Waals surface area contributed by atoms with Gasteiger partial charge in [-0.3, -0.25) is 10.2 Å². The first-order valence-electron chi connectivity index (χ1n) is 8.44. The molecule has 0 spiro atoms. The molecule has 0 aliphatic carbocycles. The number of carbonyl (C=O) groups excluding carboxylic acids is 1. The van der Waals surface area contributed by atoms with Gasteiger partial charge in [-0.2, -0.15) is 0 Å². The smallest absolute Gasteiger partial charge is 0.265 e. The SMILES string of the molecule is C=C[C@H](C)[C@@](CCC)(NNC(=O)c1ccccc1)c1ccccc1. The lowest BCUT2D eigenvalue weighted by molar-refractivity contribution is 0.0879. The van der Waals surface area contributed by atoms with Crippen molar-refractivity contribution < 1.29 is 4.79 Å². The Morgan fingerprint density at radius 2 is 1.71 bits per heavy atom. The number of carbonyl (C=O) groups is 1. The van der Waals surface area contributed by atoms with Gasteiger partial charge in [-0.15, -0.1) is 6.58 Å². The molecule has 0 saturated heterocycles. The van der Waals surface area contributed by atoms with Crippen LogP contribution in [0.15, 0.2) is 73.3 Å². The Morgan fingerprint density at radius 3 is 2.25 bits per heavy atom. The fourth-order valence-corrected chi connectivity index (χ4v) is 3.04. The standard InChI is InChI=1S/C21H26N2O/c1-4-16-21(17(3)5-2,19-14-10-7-11-15-19)23-22-20(24)18-12-8-6-9-13-18/h5-15,17,23H,2,4,16H2,1,3H3,(H,22,24)/t17-,21+/m0/s1. The second-order valence-corrected chi connectivity index (χ2v) is 6.06. The van der Waals surface area contributed by atoms with Crippen LogP contribution in [0.25, 0.3) is 0 Å². The lowest BCUT2D eigenvalue weighted by Gasteiger charge is -2.39. The summed E-state index contributed by atoms with van der Waals surface area (Å²) in [4.78, 5) is 12.4. The van der Waals surface area contributed by atoms with Crippen molar-refractivity contribution in [1.82, 2.24) is 10.9 Å². The molecule has 3 nitrogen and oxygen atoms in total. The van der Waals surface area contributed by atoms with Crippen LogP contribution in [0.2, 0.25) is 0 Å². The van der Waals surface area contributed by atoms with Gasteiger partial charge in [-0.25, -0.2) is 5.43 Å². The van der Waals surface area contributed by atoms with Crippen LogP contribution in [0.1, 0.15) is 42.6 Å². The molecule has 0 aliphatic heterocycles. The predicted octanol–water partition coefficient (Wildman–Crippen LogP) is 4.44. The van der Waals surface area contributed by atoms with Gasteiger partial charge in [0.15, 0.2) is 0 Å². The fraction of sp³-hybridized carbons (Fsp3) is 0.286. The van der Waals surface area contributed by atoms with Crippen LogP contribution in [0, 0.1) is 5.92 Å². The predicted molar refractivity (Wildman–Crippen MR) is 99.4 cm³/mol. The summed E-state index contributed by atoms with van der Waals surface area (Å²) in [5.41, 5.74) is 7.62. The van der Waals surface area contributed by atoms with Gasteiger partial charge in [0.2, 0.25) is 0 Å². The molecule has 2 aromatic carbocycles. The van der Waals surface area contributed by atoms with Gasteiger partial charge in [-0.1, -0.05) is 74.9 Å². The molecule has 0 aromatic heterocycles. The van der Waals surface area contributed by atoms with E-state index in [1.165, 1.54) is 0 Å². The van der Waals surface area contributed by atoms with Crippen LogP contribution in [0.4, 0.5) is 0 Å². The Morgan fingerprint density at radius 1 is 1.12 bits per heavy atom. The highest BCUT2D eigenvalue weighted by molar-refractivity contribution is 5.93. The zero-order chi connectivity index (χ0) is 17.4. The molecule has 0 bridgehead atoms. The number of amides is 1. The highest BCUT2D eigenvalue weighted by Crippen LogP contribution is 2.34. The average molecular weight is 322 g/mol. The van der Waals surface area contributed by atoms with E-state index in [1.807, 2.05) is 42.5 Å². The summed E-state index contributed by atoms with van der Waals surface area (Å²) in [5.74, 6) is 0.0131. The Balaban J connectivity index is 2.29. The molecular formula is C21H26N2O. The minimum atomic E-state index is -0.387. The highest BCUT2D eigenvalue weighted by Gasteiger charge is 2.36. The van der Waals surface area contributed by atoms with E-state index in [0.29, 0.717) is 5.56 Å². The van der Waals surface area contributed by atoms with Crippen molar-refractivity contribution >= 4 is 5.91 Å². The summed E-state index contributed by atoms with van der Waals surface area (Å²) in [7, 11) is 0.